The highest BCUT2D eigenvalue weighted by molar-refractivity contribution is 9.10. The maximum absolute atomic E-state index is 3.69. The van der Waals surface area contributed by atoms with E-state index in [1.165, 1.54) is 31.4 Å². The minimum absolute atomic E-state index is 1.06. The van der Waals surface area contributed by atoms with Gasteiger partial charge in [-0.2, -0.15) is 0 Å². The number of para-hydroxylation sites is 1. The van der Waals surface area contributed by atoms with Crippen LogP contribution < -0.4 is 0 Å². The fourth-order valence-corrected chi connectivity index (χ4v) is 5.04. The summed E-state index contributed by atoms with van der Waals surface area (Å²) >= 11 is 5.55. The molecule has 0 amide bonds. The molecule has 2 aromatic heterocycles. The van der Waals surface area contributed by atoms with Gasteiger partial charge >= 0.3 is 0 Å². The minimum Gasteiger partial charge on any atom is -0.304 e. The molecule has 0 aliphatic carbocycles. The second kappa shape index (κ2) is 5.87. The van der Waals surface area contributed by atoms with Crippen LogP contribution in [0.3, 0.4) is 0 Å². The summed E-state index contributed by atoms with van der Waals surface area (Å²) in [5, 5.41) is 2.68. The van der Waals surface area contributed by atoms with Crippen molar-refractivity contribution >= 4 is 47.4 Å². The molecular weight excluding hydrogens is 390 g/mol. The Balaban J connectivity index is 1.73. The van der Waals surface area contributed by atoms with Gasteiger partial charge in [0.05, 0.1) is 10.3 Å². The number of halogens is 1. The molecule has 3 heteroatoms. The van der Waals surface area contributed by atoms with E-state index in [0.717, 1.165) is 10.3 Å². The van der Waals surface area contributed by atoms with Crippen LogP contribution >= 0.6 is 27.3 Å². The Morgan fingerprint density at radius 1 is 0.680 bits per heavy atom. The number of thiophene rings is 1. The van der Waals surface area contributed by atoms with Gasteiger partial charge in [0.2, 0.25) is 0 Å². The summed E-state index contributed by atoms with van der Waals surface area (Å²) in [5.41, 5.74) is 3.58. The Labute approximate surface area is 158 Å². The largest absolute Gasteiger partial charge is 0.304 e. The van der Waals surface area contributed by atoms with Crippen LogP contribution in [-0.4, -0.2) is 4.57 Å². The molecule has 0 bridgehead atoms. The monoisotopic (exact) mass is 403 g/mol. The maximum Gasteiger partial charge on any atom is 0.0897 e. The molecule has 0 unspecified atom stereocenters. The molecule has 0 spiro atoms. The first-order valence-electron chi connectivity index (χ1n) is 8.15. The second-order valence-electron chi connectivity index (χ2n) is 6.02. The quantitative estimate of drug-likeness (QED) is 0.291. The van der Waals surface area contributed by atoms with Crippen LogP contribution in [0, 0.1) is 0 Å². The molecule has 25 heavy (non-hydrogen) atoms. The van der Waals surface area contributed by atoms with E-state index in [2.05, 4.69) is 99.4 Å². The summed E-state index contributed by atoms with van der Waals surface area (Å²) in [4.78, 5) is 0. The lowest BCUT2D eigenvalue weighted by Crippen LogP contribution is -1.96. The molecule has 120 valence electrons. The highest BCUT2D eigenvalue weighted by atomic mass is 79.9. The average Bonchev–Trinajstić information content (AvgIpc) is 3.22. The van der Waals surface area contributed by atoms with Gasteiger partial charge in [0.25, 0.3) is 0 Å². The van der Waals surface area contributed by atoms with Crippen LogP contribution in [0.15, 0.2) is 89.5 Å². The Bertz CT molecular complexity index is 1200. The molecular formula is C22H14BrNS. The van der Waals surface area contributed by atoms with E-state index in [0.29, 0.717) is 0 Å². The highest BCUT2D eigenvalue weighted by Crippen LogP contribution is 2.37. The summed E-state index contributed by atoms with van der Waals surface area (Å²) in [6.45, 7) is 0. The van der Waals surface area contributed by atoms with E-state index in [1.807, 2.05) is 17.4 Å². The third kappa shape index (κ3) is 2.43. The van der Waals surface area contributed by atoms with Crippen LogP contribution in [0.2, 0.25) is 0 Å². The van der Waals surface area contributed by atoms with E-state index >= 15 is 0 Å². The molecule has 0 saturated heterocycles. The molecule has 0 radical (unpaired) electrons. The third-order valence-electron chi connectivity index (χ3n) is 4.52. The molecule has 0 aliphatic rings. The van der Waals surface area contributed by atoms with Crippen molar-refractivity contribution in [3.8, 4) is 16.9 Å². The predicted octanol–water partition coefficient (Wildman–Crippen LogP) is 7.27. The van der Waals surface area contributed by atoms with Crippen molar-refractivity contribution in [2.24, 2.45) is 0 Å². The number of fused-ring (bicyclic) bond motifs is 3. The van der Waals surface area contributed by atoms with Gasteiger partial charge in [0.15, 0.2) is 0 Å². The maximum atomic E-state index is 3.69. The summed E-state index contributed by atoms with van der Waals surface area (Å²) in [6.07, 6.45) is 0. The predicted molar refractivity (Wildman–Crippen MR) is 112 cm³/mol. The average molecular weight is 404 g/mol. The minimum atomic E-state index is 1.06. The Morgan fingerprint density at radius 2 is 1.44 bits per heavy atom. The number of benzene rings is 3. The molecule has 0 saturated carbocycles. The van der Waals surface area contributed by atoms with Gasteiger partial charge in [-0.3, -0.25) is 0 Å². The molecule has 0 N–H and O–H groups in total. The van der Waals surface area contributed by atoms with Crippen molar-refractivity contribution in [1.29, 1.82) is 0 Å². The van der Waals surface area contributed by atoms with Crippen molar-refractivity contribution in [2.45, 2.75) is 0 Å². The summed E-state index contributed by atoms with van der Waals surface area (Å²) < 4.78 is 5.98. The molecule has 3 aromatic carbocycles. The summed E-state index contributed by atoms with van der Waals surface area (Å²) in [5.74, 6) is 0. The molecule has 0 fully saturated rings. The molecule has 5 rings (SSSR count). The van der Waals surface area contributed by atoms with Gasteiger partial charge in [-0.05, 0) is 57.9 Å². The third-order valence-corrected chi connectivity index (χ3v) is 6.27. The fourth-order valence-electron chi connectivity index (χ4n) is 3.36. The first kappa shape index (κ1) is 14.9. The Morgan fingerprint density at radius 3 is 2.32 bits per heavy atom. The normalized spacial score (nSPS) is 11.4. The summed E-state index contributed by atoms with van der Waals surface area (Å²) in [7, 11) is 0. The number of aromatic nitrogens is 1. The van der Waals surface area contributed by atoms with E-state index in [1.54, 1.807) is 0 Å². The second-order valence-corrected chi connectivity index (χ2v) is 7.92. The van der Waals surface area contributed by atoms with Gasteiger partial charge in [-0.25, -0.2) is 0 Å². The van der Waals surface area contributed by atoms with Crippen LogP contribution in [0.5, 0.6) is 0 Å². The lowest BCUT2D eigenvalue weighted by molar-refractivity contribution is 1.06. The van der Waals surface area contributed by atoms with Gasteiger partial charge in [0.1, 0.15) is 0 Å². The van der Waals surface area contributed by atoms with Gasteiger partial charge in [-0.1, -0.05) is 48.5 Å². The standard InChI is InChI=1S/C22H14BrNS/c23-22-13-12-19(24(22)16-6-2-1-3-7-16)15-10-11-18-17-8-4-5-9-20(17)25-21(18)14-15/h1-14H. The Kier molecular flexibility index (Phi) is 3.51. The van der Waals surface area contributed by atoms with E-state index in [9.17, 15) is 0 Å². The van der Waals surface area contributed by atoms with E-state index < -0.39 is 0 Å². The molecule has 2 heterocycles. The molecule has 5 aromatic rings. The fraction of sp³-hybridized carbons (Fsp3) is 0. The van der Waals surface area contributed by atoms with E-state index in [4.69, 9.17) is 0 Å². The van der Waals surface area contributed by atoms with Gasteiger partial charge in [-0.15, -0.1) is 11.3 Å². The summed E-state index contributed by atoms with van der Waals surface area (Å²) in [6, 6.07) is 30.1. The lowest BCUT2D eigenvalue weighted by atomic mass is 10.1. The number of hydrogen-bond donors (Lipinski definition) is 0. The zero-order chi connectivity index (χ0) is 16.8. The van der Waals surface area contributed by atoms with Crippen molar-refractivity contribution in [3.63, 3.8) is 0 Å². The lowest BCUT2D eigenvalue weighted by Gasteiger charge is -2.11. The SMILES string of the molecule is Brc1ccc(-c2ccc3c(c2)sc2ccccc23)n1-c1ccccc1. The first-order chi connectivity index (χ1) is 12.3. The van der Waals surface area contributed by atoms with Crippen LogP contribution in [0.25, 0.3) is 37.1 Å². The topological polar surface area (TPSA) is 4.93 Å². The van der Waals surface area contributed by atoms with Gasteiger partial charge < -0.3 is 4.57 Å². The molecule has 0 atom stereocenters. The number of rotatable bonds is 2. The molecule has 0 aliphatic heterocycles. The van der Waals surface area contributed by atoms with Crippen LogP contribution in [0.4, 0.5) is 0 Å². The Hall–Kier alpha value is -2.36. The zero-order valence-electron chi connectivity index (χ0n) is 13.3. The van der Waals surface area contributed by atoms with Gasteiger partial charge in [0, 0.05) is 25.9 Å². The zero-order valence-corrected chi connectivity index (χ0v) is 15.7. The number of nitrogens with zero attached hydrogens (tertiary/aromatic N) is 1. The van der Waals surface area contributed by atoms with Crippen molar-refractivity contribution in [3.05, 3.63) is 89.5 Å². The molecule has 1 nitrogen and oxygen atoms in total. The number of hydrogen-bond acceptors (Lipinski definition) is 1. The first-order valence-corrected chi connectivity index (χ1v) is 9.76. The van der Waals surface area contributed by atoms with Crippen LogP contribution in [-0.2, 0) is 0 Å². The van der Waals surface area contributed by atoms with Crippen molar-refractivity contribution < 1.29 is 0 Å². The van der Waals surface area contributed by atoms with Crippen molar-refractivity contribution in [2.75, 3.05) is 0 Å². The highest BCUT2D eigenvalue weighted by Gasteiger charge is 2.12. The van der Waals surface area contributed by atoms with Crippen LogP contribution in [0.1, 0.15) is 0 Å². The van der Waals surface area contributed by atoms with Crippen molar-refractivity contribution in [1.82, 2.24) is 4.57 Å². The smallest absolute Gasteiger partial charge is 0.0897 e. The van der Waals surface area contributed by atoms with E-state index in [-0.39, 0.29) is 0 Å².